The number of hydrazine groups is 1. The van der Waals surface area contributed by atoms with Crippen molar-refractivity contribution in [3.05, 3.63) is 60.2 Å². The normalized spacial score (nSPS) is 20.8. The minimum absolute atomic E-state index is 0.124. The lowest BCUT2D eigenvalue weighted by molar-refractivity contribution is -0.145. The Kier molecular flexibility index (Phi) is 4.51. The molecule has 1 fully saturated rings. The molecule has 1 aliphatic rings. The van der Waals surface area contributed by atoms with Gasteiger partial charge in [-0.2, -0.15) is 0 Å². The summed E-state index contributed by atoms with van der Waals surface area (Å²) < 4.78 is 5.05. The molecule has 2 unspecified atom stereocenters. The van der Waals surface area contributed by atoms with E-state index in [9.17, 15) is 4.79 Å². The van der Waals surface area contributed by atoms with Gasteiger partial charge in [0.1, 0.15) is 6.04 Å². The van der Waals surface area contributed by atoms with Gasteiger partial charge in [-0.15, -0.1) is 0 Å². The van der Waals surface area contributed by atoms with E-state index in [-0.39, 0.29) is 18.1 Å². The van der Waals surface area contributed by atoms with Crippen LogP contribution in [0.3, 0.4) is 0 Å². The zero-order chi connectivity index (χ0) is 15.4. The summed E-state index contributed by atoms with van der Waals surface area (Å²) in [6.45, 7) is 2.23. The fourth-order valence-corrected chi connectivity index (χ4v) is 2.71. The highest BCUT2D eigenvalue weighted by Gasteiger charge is 2.30. The zero-order valence-corrected chi connectivity index (χ0v) is 12.6. The smallest absolute Gasteiger partial charge is 0.324 e. The molecule has 0 radical (unpaired) electrons. The summed E-state index contributed by atoms with van der Waals surface area (Å²) in [7, 11) is 0. The second kappa shape index (κ2) is 6.73. The van der Waals surface area contributed by atoms with E-state index < -0.39 is 0 Å². The van der Waals surface area contributed by atoms with Crippen molar-refractivity contribution in [2.45, 2.75) is 25.4 Å². The minimum atomic E-state index is -0.279. The number of carbonyl (C=O) groups excluding carboxylic acids is 1. The van der Waals surface area contributed by atoms with Crippen LogP contribution in [-0.2, 0) is 9.53 Å². The quantitative estimate of drug-likeness (QED) is 0.852. The van der Waals surface area contributed by atoms with Crippen molar-refractivity contribution in [3.8, 4) is 11.1 Å². The van der Waals surface area contributed by atoms with Crippen molar-refractivity contribution in [3.63, 3.8) is 0 Å². The Hall–Kier alpha value is -2.17. The molecule has 3 rings (SSSR count). The number of hydrogen-bond donors (Lipinski definition) is 2. The van der Waals surface area contributed by atoms with Crippen LogP contribution in [-0.4, -0.2) is 18.6 Å². The molecule has 0 aromatic heterocycles. The maximum atomic E-state index is 11.7. The van der Waals surface area contributed by atoms with Gasteiger partial charge in [0.15, 0.2) is 0 Å². The Bertz CT molecular complexity index is 625. The van der Waals surface area contributed by atoms with Gasteiger partial charge < -0.3 is 4.74 Å². The molecule has 0 aliphatic carbocycles. The predicted molar refractivity (Wildman–Crippen MR) is 85.9 cm³/mol. The van der Waals surface area contributed by atoms with Crippen molar-refractivity contribution in [2.75, 3.05) is 6.61 Å². The topological polar surface area (TPSA) is 50.4 Å². The molecule has 2 atom stereocenters. The minimum Gasteiger partial charge on any atom is -0.465 e. The van der Waals surface area contributed by atoms with Gasteiger partial charge in [-0.3, -0.25) is 4.79 Å². The second-order valence-corrected chi connectivity index (χ2v) is 5.37. The number of benzene rings is 2. The van der Waals surface area contributed by atoms with E-state index in [0.29, 0.717) is 13.0 Å². The Morgan fingerprint density at radius 3 is 2.41 bits per heavy atom. The second-order valence-electron chi connectivity index (χ2n) is 5.37. The molecule has 1 saturated heterocycles. The van der Waals surface area contributed by atoms with Crippen LogP contribution in [0.15, 0.2) is 54.6 Å². The SMILES string of the molecule is CCOC(=O)C1CC(c2ccc(-c3ccccc3)cc2)NN1. The summed E-state index contributed by atoms with van der Waals surface area (Å²) >= 11 is 0. The first-order chi connectivity index (χ1) is 10.8. The van der Waals surface area contributed by atoms with Gasteiger partial charge in [0.2, 0.25) is 0 Å². The molecule has 114 valence electrons. The van der Waals surface area contributed by atoms with E-state index in [1.165, 1.54) is 16.7 Å². The van der Waals surface area contributed by atoms with Crippen molar-refractivity contribution in [2.24, 2.45) is 0 Å². The molecule has 0 amide bonds. The lowest BCUT2D eigenvalue weighted by atomic mass is 9.98. The zero-order valence-electron chi connectivity index (χ0n) is 12.6. The summed E-state index contributed by atoms with van der Waals surface area (Å²) in [5, 5.41) is 0. The molecule has 4 nitrogen and oxygen atoms in total. The first-order valence-corrected chi connectivity index (χ1v) is 7.61. The molecular formula is C18H20N2O2. The molecule has 4 heteroatoms. The van der Waals surface area contributed by atoms with Gasteiger partial charge in [0, 0.05) is 6.04 Å². The average molecular weight is 296 g/mol. The molecule has 1 aliphatic heterocycles. The molecular weight excluding hydrogens is 276 g/mol. The fraction of sp³-hybridized carbons (Fsp3) is 0.278. The molecule has 0 bridgehead atoms. The van der Waals surface area contributed by atoms with Crippen molar-refractivity contribution in [1.29, 1.82) is 0 Å². The van der Waals surface area contributed by atoms with E-state index in [0.717, 1.165) is 0 Å². The lowest BCUT2D eigenvalue weighted by Gasteiger charge is -2.11. The Morgan fingerprint density at radius 2 is 1.73 bits per heavy atom. The molecule has 2 N–H and O–H groups in total. The molecule has 0 saturated carbocycles. The van der Waals surface area contributed by atoms with Crippen molar-refractivity contribution in [1.82, 2.24) is 10.9 Å². The highest BCUT2D eigenvalue weighted by Crippen LogP contribution is 2.26. The highest BCUT2D eigenvalue weighted by molar-refractivity contribution is 5.76. The first kappa shape index (κ1) is 14.8. The number of carbonyl (C=O) groups is 1. The van der Waals surface area contributed by atoms with Crippen LogP contribution in [0.2, 0.25) is 0 Å². The number of esters is 1. The monoisotopic (exact) mass is 296 g/mol. The van der Waals surface area contributed by atoms with Gasteiger partial charge in [0.25, 0.3) is 0 Å². The first-order valence-electron chi connectivity index (χ1n) is 7.61. The Balaban J connectivity index is 1.68. The van der Waals surface area contributed by atoms with Crippen molar-refractivity contribution < 1.29 is 9.53 Å². The van der Waals surface area contributed by atoms with Crippen LogP contribution in [0.25, 0.3) is 11.1 Å². The third-order valence-electron chi connectivity index (χ3n) is 3.89. The number of ether oxygens (including phenoxy) is 1. The molecule has 0 spiro atoms. The van der Waals surface area contributed by atoms with E-state index in [1.54, 1.807) is 0 Å². The van der Waals surface area contributed by atoms with Crippen LogP contribution in [0, 0.1) is 0 Å². The van der Waals surface area contributed by atoms with Crippen LogP contribution in [0.1, 0.15) is 24.9 Å². The maximum Gasteiger partial charge on any atom is 0.324 e. The van der Waals surface area contributed by atoms with Crippen LogP contribution in [0.5, 0.6) is 0 Å². The Morgan fingerprint density at radius 1 is 1.05 bits per heavy atom. The third-order valence-corrected chi connectivity index (χ3v) is 3.89. The van der Waals surface area contributed by atoms with Gasteiger partial charge in [-0.1, -0.05) is 54.6 Å². The molecule has 1 heterocycles. The highest BCUT2D eigenvalue weighted by atomic mass is 16.5. The average Bonchev–Trinajstić information content (AvgIpc) is 3.06. The number of nitrogens with one attached hydrogen (secondary N) is 2. The summed E-state index contributed by atoms with van der Waals surface area (Å²) in [6.07, 6.45) is 0.698. The standard InChI is InChI=1S/C18H20N2O2/c1-2-22-18(21)17-12-16(19-20-17)15-10-8-14(9-11-15)13-6-4-3-5-7-13/h3-11,16-17,19-20H,2,12H2,1H3. The molecule has 2 aromatic rings. The van der Waals surface area contributed by atoms with E-state index in [2.05, 4.69) is 47.2 Å². The number of rotatable bonds is 4. The van der Waals surface area contributed by atoms with E-state index in [4.69, 9.17) is 4.74 Å². The summed E-state index contributed by atoms with van der Waals surface area (Å²) in [6, 6.07) is 18.6. The van der Waals surface area contributed by atoms with E-state index in [1.807, 2.05) is 25.1 Å². The summed E-state index contributed by atoms with van der Waals surface area (Å²) in [5.74, 6) is -0.196. The summed E-state index contributed by atoms with van der Waals surface area (Å²) in [5.41, 5.74) is 9.74. The van der Waals surface area contributed by atoms with Gasteiger partial charge in [-0.25, -0.2) is 10.9 Å². The third kappa shape index (κ3) is 3.18. The largest absolute Gasteiger partial charge is 0.465 e. The van der Waals surface area contributed by atoms with Crippen LogP contribution < -0.4 is 10.9 Å². The number of hydrogen-bond acceptors (Lipinski definition) is 4. The van der Waals surface area contributed by atoms with Gasteiger partial charge in [-0.05, 0) is 30.0 Å². The molecule has 2 aromatic carbocycles. The fourth-order valence-electron chi connectivity index (χ4n) is 2.71. The lowest BCUT2D eigenvalue weighted by Crippen LogP contribution is -2.37. The van der Waals surface area contributed by atoms with Crippen LogP contribution >= 0.6 is 0 Å². The Labute approximate surface area is 130 Å². The van der Waals surface area contributed by atoms with Crippen molar-refractivity contribution >= 4 is 5.97 Å². The van der Waals surface area contributed by atoms with Gasteiger partial charge >= 0.3 is 5.97 Å². The van der Waals surface area contributed by atoms with E-state index >= 15 is 0 Å². The van der Waals surface area contributed by atoms with Crippen LogP contribution in [0.4, 0.5) is 0 Å². The van der Waals surface area contributed by atoms with Gasteiger partial charge in [0.05, 0.1) is 6.61 Å². The summed E-state index contributed by atoms with van der Waals surface area (Å²) in [4.78, 5) is 11.7. The maximum absolute atomic E-state index is 11.7. The predicted octanol–water partition coefficient (Wildman–Crippen LogP) is 2.82. The molecule has 22 heavy (non-hydrogen) atoms.